The first-order valence-electron chi connectivity index (χ1n) is 6.15. The van der Waals surface area contributed by atoms with E-state index in [1.165, 1.54) is 5.56 Å². The van der Waals surface area contributed by atoms with Crippen molar-refractivity contribution < 1.29 is 4.52 Å². The first-order chi connectivity index (χ1) is 9.24. The molecule has 2 heterocycles. The third-order valence-electron chi connectivity index (χ3n) is 3.03. The van der Waals surface area contributed by atoms with Gasteiger partial charge in [-0.2, -0.15) is 16.7 Å². The van der Waals surface area contributed by atoms with Crippen molar-refractivity contribution in [3.63, 3.8) is 0 Å². The fourth-order valence-electron chi connectivity index (χ4n) is 2.01. The van der Waals surface area contributed by atoms with Crippen LogP contribution in [0.3, 0.4) is 0 Å². The Balaban J connectivity index is 1.87. The van der Waals surface area contributed by atoms with E-state index in [1.807, 2.05) is 23.9 Å². The molecule has 1 fully saturated rings. The summed E-state index contributed by atoms with van der Waals surface area (Å²) < 4.78 is 6.38. The Morgan fingerprint density at radius 1 is 1.47 bits per heavy atom. The summed E-state index contributed by atoms with van der Waals surface area (Å²) in [5, 5.41) is 7.48. The van der Waals surface area contributed by atoms with Crippen LogP contribution in [-0.4, -0.2) is 28.2 Å². The van der Waals surface area contributed by atoms with Gasteiger partial charge < -0.3 is 9.84 Å². The van der Waals surface area contributed by atoms with Crippen molar-refractivity contribution in [1.82, 2.24) is 15.5 Å². The monoisotopic (exact) mass is 339 g/mol. The summed E-state index contributed by atoms with van der Waals surface area (Å²) in [7, 11) is 0. The second kappa shape index (κ2) is 5.64. The standard InChI is InChI=1S/C13H14BrN3OS/c1-8-2-3-9(10(14)6-8)12-16-13(18-17-12)11-7-19-5-4-15-11/h2-3,6,11,15H,4-5,7H2,1H3. The molecule has 19 heavy (non-hydrogen) atoms. The van der Waals surface area contributed by atoms with Crippen LogP contribution in [0.4, 0.5) is 0 Å². The first kappa shape index (κ1) is 13.1. The van der Waals surface area contributed by atoms with Gasteiger partial charge in [-0.3, -0.25) is 0 Å². The fourth-order valence-corrected chi connectivity index (χ4v) is 3.61. The maximum atomic E-state index is 5.39. The maximum Gasteiger partial charge on any atom is 0.244 e. The van der Waals surface area contributed by atoms with Crippen LogP contribution in [0.15, 0.2) is 27.2 Å². The number of hydrogen-bond donors (Lipinski definition) is 1. The Labute approximate surface area is 124 Å². The van der Waals surface area contributed by atoms with Crippen LogP contribution in [0.1, 0.15) is 17.5 Å². The van der Waals surface area contributed by atoms with Gasteiger partial charge in [-0.05, 0) is 24.6 Å². The lowest BCUT2D eigenvalue weighted by Crippen LogP contribution is -2.30. The lowest BCUT2D eigenvalue weighted by molar-refractivity contribution is 0.342. The molecule has 3 rings (SSSR count). The SMILES string of the molecule is Cc1ccc(-c2noc(C3CSCCN3)n2)c(Br)c1. The average Bonchev–Trinajstić information content (AvgIpc) is 2.89. The van der Waals surface area contributed by atoms with E-state index in [4.69, 9.17) is 4.52 Å². The van der Waals surface area contributed by atoms with Crippen LogP contribution < -0.4 is 5.32 Å². The van der Waals surface area contributed by atoms with Crippen LogP contribution >= 0.6 is 27.7 Å². The molecule has 1 unspecified atom stereocenters. The molecular formula is C13H14BrN3OS. The lowest BCUT2D eigenvalue weighted by atomic mass is 10.1. The summed E-state index contributed by atoms with van der Waals surface area (Å²) in [5.74, 6) is 3.44. The summed E-state index contributed by atoms with van der Waals surface area (Å²) in [6.45, 7) is 3.04. The number of aromatic nitrogens is 2. The fraction of sp³-hybridized carbons (Fsp3) is 0.385. The quantitative estimate of drug-likeness (QED) is 0.910. The van der Waals surface area contributed by atoms with Crippen LogP contribution in [0.5, 0.6) is 0 Å². The minimum Gasteiger partial charge on any atom is -0.337 e. The zero-order valence-corrected chi connectivity index (χ0v) is 12.9. The molecule has 0 aliphatic carbocycles. The second-order valence-corrected chi connectivity index (χ2v) is 6.53. The smallest absolute Gasteiger partial charge is 0.244 e. The number of rotatable bonds is 2. The topological polar surface area (TPSA) is 51.0 Å². The van der Waals surface area contributed by atoms with Gasteiger partial charge in [0.25, 0.3) is 0 Å². The highest BCUT2D eigenvalue weighted by atomic mass is 79.9. The highest BCUT2D eigenvalue weighted by Gasteiger charge is 2.22. The number of hydrogen-bond acceptors (Lipinski definition) is 5. The molecule has 0 saturated carbocycles. The second-order valence-electron chi connectivity index (χ2n) is 4.52. The molecule has 1 aromatic heterocycles. The number of nitrogens with zero attached hydrogens (tertiary/aromatic N) is 2. The lowest BCUT2D eigenvalue weighted by Gasteiger charge is -2.19. The average molecular weight is 340 g/mol. The Bertz CT molecular complexity index is 581. The minimum atomic E-state index is 0.171. The molecule has 1 atom stereocenters. The molecule has 1 aromatic carbocycles. The number of nitrogens with one attached hydrogen (secondary N) is 1. The molecule has 6 heteroatoms. The normalized spacial score (nSPS) is 19.6. The van der Waals surface area contributed by atoms with Gasteiger partial charge in [0.2, 0.25) is 11.7 Å². The Hall–Kier alpha value is -0.850. The highest BCUT2D eigenvalue weighted by Crippen LogP contribution is 2.28. The largest absolute Gasteiger partial charge is 0.337 e. The van der Waals surface area contributed by atoms with Crippen molar-refractivity contribution in [2.45, 2.75) is 13.0 Å². The van der Waals surface area contributed by atoms with E-state index in [0.717, 1.165) is 28.1 Å². The molecule has 1 N–H and O–H groups in total. The zero-order valence-electron chi connectivity index (χ0n) is 10.5. The van der Waals surface area contributed by atoms with E-state index in [9.17, 15) is 0 Å². The molecule has 2 aromatic rings. The van der Waals surface area contributed by atoms with E-state index in [2.05, 4.69) is 44.4 Å². The summed E-state index contributed by atoms with van der Waals surface area (Å²) in [4.78, 5) is 4.51. The van der Waals surface area contributed by atoms with Gasteiger partial charge >= 0.3 is 0 Å². The number of aryl methyl sites for hydroxylation is 1. The van der Waals surface area contributed by atoms with Crippen LogP contribution in [0, 0.1) is 6.92 Å². The van der Waals surface area contributed by atoms with Gasteiger partial charge in [-0.15, -0.1) is 0 Å². The highest BCUT2D eigenvalue weighted by molar-refractivity contribution is 9.10. The third-order valence-corrected chi connectivity index (χ3v) is 4.74. The maximum absolute atomic E-state index is 5.39. The Kier molecular flexibility index (Phi) is 3.91. The van der Waals surface area contributed by atoms with E-state index in [-0.39, 0.29) is 6.04 Å². The van der Waals surface area contributed by atoms with Crippen LogP contribution in [0.25, 0.3) is 11.4 Å². The predicted molar refractivity (Wildman–Crippen MR) is 80.2 cm³/mol. The van der Waals surface area contributed by atoms with E-state index in [0.29, 0.717) is 11.7 Å². The molecule has 0 radical (unpaired) electrons. The predicted octanol–water partition coefficient (Wildman–Crippen LogP) is 3.19. The molecular weight excluding hydrogens is 326 g/mol. The zero-order chi connectivity index (χ0) is 13.2. The van der Waals surface area contributed by atoms with Gasteiger partial charge in [-0.1, -0.05) is 27.2 Å². The van der Waals surface area contributed by atoms with Gasteiger partial charge in [-0.25, -0.2) is 0 Å². The Morgan fingerprint density at radius 2 is 2.37 bits per heavy atom. The first-order valence-corrected chi connectivity index (χ1v) is 8.10. The van der Waals surface area contributed by atoms with Gasteiger partial charge in [0.05, 0.1) is 6.04 Å². The van der Waals surface area contributed by atoms with E-state index >= 15 is 0 Å². The van der Waals surface area contributed by atoms with Crippen molar-refractivity contribution in [3.8, 4) is 11.4 Å². The molecule has 0 bridgehead atoms. The van der Waals surface area contributed by atoms with Crippen molar-refractivity contribution in [2.75, 3.05) is 18.1 Å². The van der Waals surface area contributed by atoms with Gasteiger partial charge in [0, 0.05) is 28.1 Å². The summed E-state index contributed by atoms with van der Waals surface area (Å²) in [5.41, 5.74) is 2.16. The van der Waals surface area contributed by atoms with Crippen LogP contribution in [0.2, 0.25) is 0 Å². The minimum absolute atomic E-state index is 0.171. The van der Waals surface area contributed by atoms with Crippen molar-refractivity contribution in [3.05, 3.63) is 34.1 Å². The molecule has 4 nitrogen and oxygen atoms in total. The molecule has 1 saturated heterocycles. The Morgan fingerprint density at radius 3 is 3.11 bits per heavy atom. The van der Waals surface area contributed by atoms with Crippen molar-refractivity contribution >= 4 is 27.7 Å². The third kappa shape index (κ3) is 2.85. The van der Waals surface area contributed by atoms with E-state index in [1.54, 1.807) is 0 Å². The molecule has 100 valence electrons. The van der Waals surface area contributed by atoms with Gasteiger partial charge in [0.1, 0.15) is 0 Å². The van der Waals surface area contributed by atoms with Crippen LogP contribution in [-0.2, 0) is 0 Å². The van der Waals surface area contributed by atoms with Gasteiger partial charge in [0.15, 0.2) is 0 Å². The molecule has 1 aliphatic heterocycles. The summed E-state index contributed by atoms with van der Waals surface area (Å²) in [6, 6.07) is 6.28. The molecule has 0 spiro atoms. The molecule has 1 aliphatic rings. The van der Waals surface area contributed by atoms with E-state index < -0.39 is 0 Å². The summed E-state index contributed by atoms with van der Waals surface area (Å²) in [6.07, 6.45) is 0. The van der Waals surface area contributed by atoms with Crippen molar-refractivity contribution in [1.29, 1.82) is 0 Å². The number of thioether (sulfide) groups is 1. The summed E-state index contributed by atoms with van der Waals surface area (Å²) >= 11 is 5.46. The molecule has 0 amide bonds. The number of halogens is 1. The van der Waals surface area contributed by atoms with Crippen molar-refractivity contribution in [2.24, 2.45) is 0 Å². The number of benzene rings is 1.